The molecule has 1 aromatic heterocycles. The Labute approximate surface area is 143 Å². The summed E-state index contributed by atoms with van der Waals surface area (Å²) in [6, 6.07) is 11.5. The van der Waals surface area contributed by atoms with Crippen LogP contribution in [-0.2, 0) is 4.79 Å². The summed E-state index contributed by atoms with van der Waals surface area (Å²) in [5.74, 6) is -0.0538. The third-order valence-corrected chi connectivity index (χ3v) is 4.37. The maximum absolute atomic E-state index is 12.7. The Bertz CT molecular complexity index is 664. The smallest absolute Gasteiger partial charge is 0.246 e. The highest BCUT2D eigenvalue weighted by Crippen LogP contribution is 2.24. The van der Waals surface area contributed by atoms with E-state index >= 15 is 0 Å². The number of rotatable bonds is 5. The minimum Gasteiger partial charge on any atom is -0.372 e. The van der Waals surface area contributed by atoms with Crippen molar-refractivity contribution in [3.8, 4) is 0 Å². The molecular weight excluding hydrogens is 300 g/mol. The maximum atomic E-state index is 12.7. The van der Waals surface area contributed by atoms with Gasteiger partial charge in [0.05, 0.1) is 0 Å². The molecule has 1 N–H and O–H groups in total. The fourth-order valence-electron chi connectivity index (χ4n) is 3.16. The van der Waals surface area contributed by atoms with Gasteiger partial charge in [-0.1, -0.05) is 6.07 Å². The van der Waals surface area contributed by atoms with E-state index in [1.54, 1.807) is 12.4 Å². The molecule has 0 spiro atoms. The van der Waals surface area contributed by atoms with E-state index in [0.717, 1.165) is 24.3 Å². The molecule has 1 saturated heterocycles. The van der Waals surface area contributed by atoms with Crippen molar-refractivity contribution in [2.24, 2.45) is 0 Å². The quantitative estimate of drug-likeness (QED) is 0.919. The van der Waals surface area contributed by atoms with Crippen molar-refractivity contribution in [1.82, 2.24) is 9.88 Å². The van der Waals surface area contributed by atoms with Crippen molar-refractivity contribution >= 4 is 17.3 Å². The summed E-state index contributed by atoms with van der Waals surface area (Å²) >= 11 is 0. The van der Waals surface area contributed by atoms with Crippen molar-refractivity contribution in [2.75, 3.05) is 37.4 Å². The van der Waals surface area contributed by atoms with Crippen LogP contribution in [0.4, 0.5) is 11.4 Å². The summed E-state index contributed by atoms with van der Waals surface area (Å²) in [6.07, 6.45) is 5.97. The lowest BCUT2D eigenvalue weighted by molar-refractivity contribution is -0.120. The number of hydrogen-bond acceptors (Lipinski definition) is 4. The van der Waals surface area contributed by atoms with Gasteiger partial charge in [0.15, 0.2) is 0 Å². The number of carbonyl (C=O) groups excluding carboxylic acids is 1. The highest BCUT2D eigenvalue weighted by Gasteiger charge is 2.23. The molecule has 3 rings (SSSR count). The first-order valence-electron chi connectivity index (χ1n) is 8.37. The van der Waals surface area contributed by atoms with Gasteiger partial charge in [0.1, 0.15) is 6.04 Å². The molecule has 0 aliphatic carbocycles. The Hall–Kier alpha value is -2.40. The average molecular weight is 324 g/mol. The Kier molecular flexibility index (Phi) is 5.11. The van der Waals surface area contributed by atoms with Crippen molar-refractivity contribution in [3.63, 3.8) is 0 Å². The zero-order chi connectivity index (χ0) is 16.9. The lowest BCUT2D eigenvalue weighted by Crippen LogP contribution is -2.32. The van der Waals surface area contributed by atoms with Crippen LogP contribution in [0.5, 0.6) is 0 Å². The molecule has 0 bridgehead atoms. The van der Waals surface area contributed by atoms with Crippen LogP contribution in [0.2, 0.25) is 0 Å². The number of nitrogens with one attached hydrogen (secondary N) is 1. The molecule has 5 nitrogen and oxygen atoms in total. The average Bonchev–Trinajstić information content (AvgIpc) is 3.11. The molecule has 24 heavy (non-hydrogen) atoms. The van der Waals surface area contributed by atoms with Crippen LogP contribution in [0.15, 0.2) is 48.8 Å². The van der Waals surface area contributed by atoms with Gasteiger partial charge in [-0.25, -0.2) is 0 Å². The predicted molar refractivity (Wildman–Crippen MR) is 97.2 cm³/mol. The normalized spacial score (nSPS) is 15.5. The molecule has 2 aromatic rings. The number of hydrogen-bond donors (Lipinski definition) is 1. The molecule has 0 radical (unpaired) electrons. The van der Waals surface area contributed by atoms with E-state index in [0.29, 0.717) is 0 Å². The summed E-state index contributed by atoms with van der Waals surface area (Å²) in [7, 11) is 3.79. The molecule has 1 aliphatic rings. The molecule has 0 saturated carbocycles. The zero-order valence-electron chi connectivity index (χ0n) is 14.3. The van der Waals surface area contributed by atoms with Gasteiger partial charge in [0.2, 0.25) is 5.91 Å². The van der Waals surface area contributed by atoms with E-state index < -0.39 is 0 Å². The summed E-state index contributed by atoms with van der Waals surface area (Å²) in [4.78, 5) is 21.1. The lowest BCUT2D eigenvalue weighted by Gasteiger charge is -2.24. The number of pyridine rings is 1. The molecule has 126 valence electrons. The monoisotopic (exact) mass is 324 g/mol. The van der Waals surface area contributed by atoms with Gasteiger partial charge in [-0.15, -0.1) is 0 Å². The van der Waals surface area contributed by atoms with Crippen LogP contribution >= 0.6 is 0 Å². The molecule has 1 unspecified atom stereocenters. The van der Waals surface area contributed by atoms with E-state index in [4.69, 9.17) is 0 Å². The Morgan fingerprint density at radius 1 is 1.17 bits per heavy atom. The Morgan fingerprint density at radius 3 is 2.46 bits per heavy atom. The second kappa shape index (κ2) is 7.45. The first kappa shape index (κ1) is 16.5. The lowest BCUT2D eigenvalue weighted by atomic mass is 10.1. The minimum absolute atomic E-state index is 0.0538. The van der Waals surface area contributed by atoms with Crippen LogP contribution in [-0.4, -0.2) is 43.0 Å². The van der Waals surface area contributed by atoms with Crippen molar-refractivity contribution < 1.29 is 4.79 Å². The van der Waals surface area contributed by atoms with Crippen LogP contribution in [0.1, 0.15) is 24.4 Å². The molecule has 2 heterocycles. The second-order valence-electron chi connectivity index (χ2n) is 6.38. The highest BCUT2D eigenvalue weighted by atomic mass is 16.2. The molecule has 1 aliphatic heterocycles. The number of likely N-dealkylation sites (N-methyl/N-ethyl adjacent to an activating group) is 1. The van der Waals surface area contributed by atoms with Crippen molar-refractivity contribution in [3.05, 3.63) is 54.4 Å². The fraction of sp³-hybridized carbons (Fsp3) is 0.368. The Morgan fingerprint density at radius 2 is 1.88 bits per heavy atom. The van der Waals surface area contributed by atoms with Crippen LogP contribution in [0, 0.1) is 0 Å². The standard InChI is InChI=1S/C19H24N4O/c1-22(2)18(15-6-5-11-20-14-15)19(24)21-16-7-9-17(10-8-16)23-12-3-4-13-23/h5-11,14,18H,3-4,12-13H2,1-2H3,(H,21,24). The molecule has 1 amide bonds. The topological polar surface area (TPSA) is 48.5 Å². The molecular formula is C19H24N4O. The van der Waals surface area contributed by atoms with E-state index in [1.165, 1.54) is 18.5 Å². The number of amides is 1. The van der Waals surface area contributed by atoms with Gasteiger partial charge in [-0.3, -0.25) is 14.7 Å². The Balaban J connectivity index is 1.70. The SMILES string of the molecule is CN(C)C(C(=O)Nc1ccc(N2CCCC2)cc1)c1cccnc1. The van der Waals surface area contributed by atoms with Crippen molar-refractivity contribution in [2.45, 2.75) is 18.9 Å². The molecule has 5 heteroatoms. The zero-order valence-corrected chi connectivity index (χ0v) is 14.3. The number of carbonyl (C=O) groups is 1. The second-order valence-corrected chi connectivity index (χ2v) is 6.38. The van der Waals surface area contributed by atoms with Gasteiger partial charge < -0.3 is 10.2 Å². The first-order chi connectivity index (χ1) is 11.6. The number of aromatic nitrogens is 1. The van der Waals surface area contributed by atoms with Crippen LogP contribution in [0.3, 0.4) is 0 Å². The molecule has 1 aromatic carbocycles. The summed E-state index contributed by atoms with van der Waals surface area (Å²) in [5.41, 5.74) is 2.93. The summed E-state index contributed by atoms with van der Waals surface area (Å²) < 4.78 is 0. The highest BCUT2D eigenvalue weighted by molar-refractivity contribution is 5.95. The van der Waals surface area contributed by atoms with Crippen molar-refractivity contribution in [1.29, 1.82) is 0 Å². The van der Waals surface area contributed by atoms with Gasteiger partial charge >= 0.3 is 0 Å². The van der Waals surface area contributed by atoms with Gasteiger partial charge in [0.25, 0.3) is 0 Å². The van der Waals surface area contributed by atoms with Gasteiger partial charge in [-0.05, 0) is 62.8 Å². The van der Waals surface area contributed by atoms with Crippen LogP contribution < -0.4 is 10.2 Å². The number of nitrogens with zero attached hydrogens (tertiary/aromatic N) is 3. The van der Waals surface area contributed by atoms with E-state index in [-0.39, 0.29) is 11.9 Å². The predicted octanol–water partition coefficient (Wildman–Crippen LogP) is 2.92. The minimum atomic E-state index is -0.364. The first-order valence-corrected chi connectivity index (χ1v) is 8.37. The van der Waals surface area contributed by atoms with Gasteiger partial charge in [0, 0.05) is 36.9 Å². The summed E-state index contributed by atoms with van der Waals surface area (Å²) in [5, 5.41) is 3.01. The van der Waals surface area contributed by atoms with Gasteiger partial charge in [-0.2, -0.15) is 0 Å². The van der Waals surface area contributed by atoms with E-state index in [1.807, 2.05) is 43.3 Å². The largest absolute Gasteiger partial charge is 0.372 e. The molecule has 1 fully saturated rings. The fourth-order valence-corrected chi connectivity index (χ4v) is 3.16. The third kappa shape index (κ3) is 3.74. The number of benzene rings is 1. The summed E-state index contributed by atoms with van der Waals surface area (Å²) in [6.45, 7) is 2.24. The van der Waals surface area contributed by atoms with Crippen LogP contribution in [0.25, 0.3) is 0 Å². The molecule has 1 atom stereocenters. The van der Waals surface area contributed by atoms with E-state index in [2.05, 4.69) is 27.3 Å². The maximum Gasteiger partial charge on any atom is 0.246 e. The van der Waals surface area contributed by atoms with E-state index in [9.17, 15) is 4.79 Å². The number of anilines is 2. The third-order valence-electron chi connectivity index (χ3n) is 4.37.